The summed E-state index contributed by atoms with van der Waals surface area (Å²) in [6.45, 7) is 3.74. The average Bonchev–Trinajstić information content (AvgIpc) is 2.40. The minimum atomic E-state index is -0.672. The van der Waals surface area contributed by atoms with Gasteiger partial charge in [-0.2, -0.15) is 0 Å². The van der Waals surface area contributed by atoms with Gasteiger partial charge < -0.3 is 5.11 Å². The molecule has 1 heteroatoms. The molecule has 1 nitrogen and oxygen atoms in total. The number of hydrogen-bond donors (Lipinski definition) is 1. The van der Waals surface area contributed by atoms with Gasteiger partial charge in [0.05, 0.1) is 5.60 Å². The Balaban J connectivity index is 2.44. The van der Waals surface area contributed by atoms with Crippen molar-refractivity contribution in [3.8, 4) is 0 Å². The third kappa shape index (κ3) is 1.98. The number of benzene rings is 1. The van der Waals surface area contributed by atoms with Gasteiger partial charge in [0, 0.05) is 0 Å². The number of rotatable bonds is 2. The van der Waals surface area contributed by atoms with Crippen LogP contribution in [0.1, 0.15) is 36.8 Å². The molecule has 1 aliphatic rings. The molecule has 0 fully saturated rings. The Bertz CT molecular complexity index is 356. The summed E-state index contributed by atoms with van der Waals surface area (Å²) in [4.78, 5) is 0. The Hall–Kier alpha value is -1.08. The summed E-state index contributed by atoms with van der Waals surface area (Å²) < 4.78 is 0. The zero-order chi connectivity index (χ0) is 10.7. The molecule has 1 aliphatic carbocycles. The summed E-state index contributed by atoms with van der Waals surface area (Å²) in [5.74, 6) is 0. The van der Waals surface area contributed by atoms with E-state index in [1.807, 2.05) is 12.1 Å². The molecule has 0 saturated carbocycles. The van der Waals surface area contributed by atoms with Crippen LogP contribution in [0.25, 0.3) is 0 Å². The molecule has 2 rings (SSSR count). The molecule has 0 aliphatic heterocycles. The van der Waals surface area contributed by atoms with Crippen molar-refractivity contribution >= 4 is 0 Å². The van der Waals surface area contributed by atoms with Crippen LogP contribution in [0.5, 0.6) is 0 Å². The van der Waals surface area contributed by atoms with Gasteiger partial charge in [-0.1, -0.05) is 30.3 Å². The summed E-state index contributed by atoms with van der Waals surface area (Å²) in [7, 11) is 0. The molecule has 0 saturated heterocycles. The molecule has 1 atom stereocenters. The zero-order valence-corrected chi connectivity index (χ0v) is 9.08. The Labute approximate surface area is 91.4 Å². The molecule has 0 radical (unpaired) electrons. The highest BCUT2D eigenvalue weighted by Crippen LogP contribution is 2.36. The number of fused-ring (bicyclic) bond motifs is 1. The van der Waals surface area contributed by atoms with Gasteiger partial charge in [0.15, 0.2) is 0 Å². The molecule has 1 aromatic rings. The maximum atomic E-state index is 10.6. The lowest BCUT2D eigenvalue weighted by Gasteiger charge is -2.27. The fourth-order valence-electron chi connectivity index (χ4n) is 2.51. The smallest absolute Gasteiger partial charge is 0.0933 e. The minimum Gasteiger partial charge on any atom is -0.385 e. The van der Waals surface area contributed by atoms with Gasteiger partial charge in [-0.3, -0.25) is 0 Å². The monoisotopic (exact) mass is 202 g/mol. The first-order chi connectivity index (χ1) is 7.26. The van der Waals surface area contributed by atoms with Crippen molar-refractivity contribution in [2.24, 2.45) is 0 Å². The Morgan fingerprint density at radius 2 is 2.13 bits per heavy atom. The van der Waals surface area contributed by atoms with Crippen molar-refractivity contribution in [3.05, 3.63) is 48.0 Å². The predicted molar refractivity (Wildman–Crippen MR) is 62.7 cm³/mol. The van der Waals surface area contributed by atoms with Crippen LogP contribution in [-0.4, -0.2) is 5.11 Å². The lowest BCUT2D eigenvalue weighted by molar-refractivity contribution is 0.0300. The van der Waals surface area contributed by atoms with Crippen molar-refractivity contribution in [3.63, 3.8) is 0 Å². The summed E-state index contributed by atoms with van der Waals surface area (Å²) in [6.07, 6.45) is 6.70. The molecule has 15 heavy (non-hydrogen) atoms. The van der Waals surface area contributed by atoms with E-state index >= 15 is 0 Å². The van der Waals surface area contributed by atoms with Crippen molar-refractivity contribution in [1.29, 1.82) is 0 Å². The largest absolute Gasteiger partial charge is 0.385 e. The second kappa shape index (κ2) is 4.19. The summed E-state index contributed by atoms with van der Waals surface area (Å²) >= 11 is 0. The molecule has 0 aromatic heterocycles. The molecular formula is C14H18O. The number of aliphatic hydroxyl groups is 1. The van der Waals surface area contributed by atoms with Gasteiger partial charge in [-0.15, -0.1) is 6.58 Å². The van der Waals surface area contributed by atoms with E-state index < -0.39 is 5.60 Å². The quantitative estimate of drug-likeness (QED) is 0.577. The first-order valence-corrected chi connectivity index (χ1v) is 5.68. The number of hydrogen-bond acceptors (Lipinski definition) is 1. The SMILES string of the molecule is C=CCC1(O)CCCCc2ccccc21. The second-order valence-electron chi connectivity index (χ2n) is 4.39. The summed E-state index contributed by atoms with van der Waals surface area (Å²) in [5.41, 5.74) is 1.75. The predicted octanol–water partition coefficient (Wildman–Crippen LogP) is 3.18. The van der Waals surface area contributed by atoms with Gasteiger partial charge in [0.1, 0.15) is 0 Å². The Kier molecular flexibility index (Phi) is 2.92. The fourth-order valence-corrected chi connectivity index (χ4v) is 2.51. The maximum absolute atomic E-state index is 10.6. The topological polar surface area (TPSA) is 20.2 Å². The lowest BCUT2D eigenvalue weighted by atomic mass is 9.85. The molecule has 0 spiro atoms. The normalized spacial score (nSPS) is 25.4. The van der Waals surface area contributed by atoms with Gasteiger partial charge >= 0.3 is 0 Å². The highest BCUT2D eigenvalue weighted by atomic mass is 16.3. The van der Waals surface area contributed by atoms with E-state index in [1.165, 1.54) is 12.0 Å². The summed E-state index contributed by atoms with van der Waals surface area (Å²) in [6, 6.07) is 8.26. The lowest BCUT2D eigenvalue weighted by Crippen LogP contribution is -2.25. The minimum absolute atomic E-state index is 0.657. The van der Waals surface area contributed by atoms with Crippen molar-refractivity contribution in [1.82, 2.24) is 0 Å². The molecule has 0 amide bonds. The third-order valence-electron chi connectivity index (χ3n) is 3.29. The van der Waals surface area contributed by atoms with Gasteiger partial charge in [0.25, 0.3) is 0 Å². The van der Waals surface area contributed by atoms with Gasteiger partial charge in [0.2, 0.25) is 0 Å². The van der Waals surface area contributed by atoms with Crippen molar-refractivity contribution in [2.45, 2.75) is 37.7 Å². The highest BCUT2D eigenvalue weighted by Gasteiger charge is 2.31. The van der Waals surface area contributed by atoms with Crippen LogP contribution in [0, 0.1) is 0 Å². The van der Waals surface area contributed by atoms with E-state index in [4.69, 9.17) is 0 Å². The van der Waals surface area contributed by atoms with Crippen LogP contribution in [0.4, 0.5) is 0 Å². The van der Waals surface area contributed by atoms with Crippen molar-refractivity contribution < 1.29 is 5.11 Å². The van der Waals surface area contributed by atoms with E-state index in [1.54, 1.807) is 0 Å². The number of aryl methyl sites for hydroxylation is 1. The third-order valence-corrected chi connectivity index (χ3v) is 3.29. The molecule has 1 unspecified atom stereocenters. The maximum Gasteiger partial charge on any atom is 0.0933 e. The summed E-state index contributed by atoms with van der Waals surface area (Å²) in [5, 5.41) is 10.6. The van der Waals surface area contributed by atoms with Gasteiger partial charge in [-0.05, 0) is 43.2 Å². The van der Waals surface area contributed by atoms with Crippen LogP contribution in [0.15, 0.2) is 36.9 Å². The molecule has 80 valence electrons. The molecular weight excluding hydrogens is 184 g/mol. The highest BCUT2D eigenvalue weighted by molar-refractivity contribution is 5.34. The average molecular weight is 202 g/mol. The van der Waals surface area contributed by atoms with Crippen LogP contribution >= 0.6 is 0 Å². The van der Waals surface area contributed by atoms with Crippen LogP contribution in [-0.2, 0) is 12.0 Å². The van der Waals surface area contributed by atoms with Crippen LogP contribution in [0.2, 0.25) is 0 Å². The van der Waals surface area contributed by atoms with Crippen LogP contribution in [0.3, 0.4) is 0 Å². The first-order valence-electron chi connectivity index (χ1n) is 5.68. The Morgan fingerprint density at radius 3 is 2.93 bits per heavy atom. The fraction of sp³-hybridized carbons (Fsp3) is 0.429. The zero-order valence-electron chi connectivity index (χ0n) is 9.08. The van der Waals surface area contributed by atoms with E-state index in [-0.39, 0.29) is 0 Å². The van der Waals surface area contributed by atoms with E-state index in [0.29, 0.717) is 6.42 Å². The van der Waals surface area contributed by atoms with Gasteiger partial charge in [-0.25, -0.2) is 0 Å². The molecule has 1 aromatic carbocycles. The first kappa shape index (κ1) is 10.4. The van der Waals surface area contributed by atoms with E-state index in [0.717, 1.165) is 24.8 Å². The second-order valence-corrected chi connectivity index (χ2v) is 4.39. The molecule has 0 heterocycles. The standard InChI is InChI=1S/C14H18O/c1-2-10-14(15)11-6-5-8-12-7-3-4-9-13(12)14/h2-4,7,9,15H,1,5-6,8,10-11H2. The van der Waals surface area contributed by atoms with E-state index in [2.05, 4.69) is 24.8 Å². The molecule has 0 bridgehead atoms. The Morgan fingerprint density at radius 1 is 1.33 bits per heavy atom. The molecule has 1 N–H and O–H groups in total. The van der Waals surface area contributed by atoms with Crippen molar-refractivity contribution in [2.75, 3.05) is 0 Å². The van der Waals surface area contributed by atoms with Crippen LogP contribution < -0.4 is 0 Å². The van der Waals surface area contributed by atoms with E-state index in [9.17, 15) is 5.11 Å².